The van der Waals surface area contributed by atoms with Gasteiger partial charge < -0.3 is 14.4 Å². The van der Waals surface area contributed by atoms with Gasteiger partial charge in [0.2, 0.25) is 0 Å². The van der Waals surface area contributed by atoms with Crippen molar-refractivity contribution in [2.24, 2.45) is 0 Å². The van der Waals surface area contributed by atoms with Crippen LogP contribution in [0.5, 0.6) is 0 Å². The van der Waals surface area contributed by atoms with Crippen molar-refractivity contribution in [2.75, 3.05) is 19.7 Å². The number of piperidine rings is 1. The molecule has 1 saturated heterocycles. The van der Waals surface area contributed by atoms with Crippen LogP contribution in [0, 0.1) is 0 Å². The van der Waals surface area contributed by atoms with Gasteiger partial charge in [-0.3, -0.25) is 0 Å². The van der Waals surface area contributed by atoms with E-state index in [4.69, 9.17) is 9.47 Å². The number of rotatable bonds is 3. The highest BCUT2D eigenvalue weighted by molar-refractivity contribution is 5.68. The molecule has 124 valence electrons. The van der Waals surface area contributed by atoms with E-state index in [-0.39, 0.29) is 12.7 Å². The van der Waals surface area contributed by atoms with Gasteiger partial charge >= 0.3 is 12.3 Å². The third-order valence-corrected chi connectivity index (χ3v) is 3.31. The predicted molar refractivity (Wildman–Crippen MR) is 72.1 cm³/mol. The van der Waals surface area contributed by atoms with Crippen LogP contribution in [0.2, 0.25) is 0 Å². The number of carbonyl (C=O) groups is 1. The van der Waals surface area contributed by atoms with Gasteiger partial charge in [0.15, 0.2) is 0 Å². The summed E-state index contributed by atoms with van der Waals surface area (Å²) in [5.74, 6) is 0. The van der Waals surface area contributed by atoms with Crippen LogP contribution in [0.15, 0.2) is 0 Å². The molecule has 1 fully saturated rings. The Morgan fingerprint density at radius 1 is 1.19 bits per heavy atom. The van der Waals surface area contributed by atoms with Gasteiger partial charge in [-0.05, 0) is 40.5 Å². The van der Waals surface area contributed by atoms with Crippen molar-refractivity contribution in [1.29, 1.82) is 0 Å². The Morgan fingerprint density at radius 2 is 1.71 bits per heavy atom. The number of hydrogen-bond donors (Lipinski definition) is 0. The number of halogens is 3. The standard InChI is InChI=1S/C14H24F3NO3/c1-12(2,3)21-11(19)18-8-5-13(4,6-9-18)20-10-7-14(15,16)17/h5-10H2,1-4H3. The van der Waals surface area contributed by atoms with E-state index in [1.54, 1.807) is 32.6 Å². The maximum atomic E-state index is 12.1. The molecule has 0 bridgehead atoms. The van der Waals surface area contributed by atoms with E-state index < -0.39 is 23.8 Å². The van der Waals surface area contributed by atoms with E-state index >= 15 is 0 Å². The number of nitrogens with zero attached hydrogens (tertiary/aromatic N) is 1. The van der Waals surface area contributed by atoms with Crippen LogP contribution in [0.4, 0.5) is 18.0 Å². The molecule has 21 heavy (non-hydrogen) atoms. The number of ether oxygens (including phenoxy) is 2. The first kappa shape index (κ1) is 18.1. The molecule has 0 saturated carbocycles. The Morgan fingerprint density at radius 3 is 2.14 bits per heavy atom. The minimum Gasteiger partial charge on any atom is -0.444 e. The molecule has 1 heterocycles. The largest absolute Gasteiger partial charge is 0.444 e. The molecule has 7 heteroatoms. The lowest BCUT2D eigenvalue weighted by molar-refractivity contribution is -0.161. The molecule has 0 aliphatic carbocycles. The minimum absolute atomic E-state index is 0.341. The second kappa shape index (κ2) is 6.42. The third kappa shape index (κ3) is 7.02. The average molecular weight is 311 g/mol. The highest BCUT2D eigenvalue weighted by atomic mass is 19.4. The quantitative estimate of drug-likeness (QED) is 0.797. The second-order valence-electron chi connectivity index (χ2n) is 6.63. The smallest absolute Gasteiger partial charge is 0.410 e. The summed E-state index contributed by atoms with van der Waals surface area (Å²) in [5.41, 5.74) is -1.16. The second-order valence-corrected chi connectivity index (χ2v) is 6.63. The molecule has 0 aromatic heterocycles. The Hall–Kier alpha value is -0.980. The zero-order chi connectivity index (χ0) is 16.3. The fourth-order valence-corrected chi connectivity index (χ4v) is 2.05. The minimum atomic E-state index is -4.20. The van der Waals surface area contributed by atoms with Crippen molar-refractivity contribution < 1.29 is 27.4 Å². The fourth-order valence-electron chi connectivity index (χ4n) is 2.05. The van der Waals surface area contributed by atoms with Crippen LogP contribution in [0.1, 0.15) is 47.0 Å². The number of carbonyl (C=O) groups excluding carboxylic acids is 1. The van der Waals surface area contributed by atoms with Crippen LogP contribution < -0.4 is 0 Å². The number of likely N-dealkylation sites (tertiary alicyclic amines) is 1. The summed E-state index contributed by atoms with van der Waals surface area (Å²) >= 11 is 0. The van der Waals surface area contributed by atoms with E-state index in [9.17, 15) is 18.0 Å². The normalized spacial score (nSPS) is 19.5. The molecule has 4 nitrogen and oxygen atoms in total. The summed E-state index contributed by atoms with van der Waals surface area (Å²) in [6.45, 7) is 7.68. The number of hydrogen-bond acceptors (Lipinski definition) is 3. The highest BCUT2D eigenvalue weighted by Gasteiger charge is 2.35. The summed E-state index contributed by atoms with van der Waals surface area (Å²) < 4.78 is 47.0. The van der Waals surface area contributed by atoms with E-state index in [0.29, 0.717) is 25.9 Å². The molecule has 0 unspecified atom stereocenters. The first-order valence-corrected chi connectivity index (χ1v) is 7.09. The van der Waals surface area contributed by atoms with Crippen LogP contribution in [-0.4, -0.2) is 48.1 Å². The molecule has 1 rings (SSSR count). The molecule has 1 aliphatic rings. The summed E-state index contributed by atoms with van der Waals surface area (Å²) in [6.07, 6.45) is -4.53. The van der Waals surface area contributed by atoms with Gasteiger partial charge in [0, 0.05) is 13.1 Å². The number of alkyl halides is 3. The van der Waals surface area contributed by atoms with E-state index in [1.165, 1.54) is 0 Å². The van der Waals surface area contributed by atoms with Crippen molar-refractivity contribution in [3.05, 3.63) is 0 Å². The average Bonchev–Trinajstić information content (AvgIpc) is 2.25. The van der Waals surface area contributed by atoms with Gasteiger partial charge in [0.1, 0.15) is 5.60 Å². The van der Waals surface area contributed by atoms with E-state index in [1.807, 2.05) is 0 Å². The number of amides is 1. The maximum absolute atomic E-state index is 12.1. The molecule has 0 aromatic carbocycles. The topological polar surface area (TPSA) is 38.8 Å². The summed E-state index contributed by atoms with van der Waals surface area (Å²) in [4.78, 5) is 13.5. The van der Waals surface area contributed by atoms with Crippen molar-refractivity contribution in [3.8, 4) is 0 Å². The first-order valence-electron chi connectivity index (χ1n) is 7.09. The zero-order valence-corrected chi connectivity index (χ0v) is 13.0. The Labute approximate surface area is 123 Å². The van der Waals surface area contributed by atoms with E-state index in [0.717, 1.165) is 0 Å². The molecule has 1 amide bonds. The molecular formula is C14H24F3NO3. The highest BCUT2D eigenvalue weighted by Crippen LogP contribution is 2.28. The SMILES string of the molecule is CC(C)(C)OC(=O)N1CCC(C)(OCCC(F)(F)F)CC1. The summed E-state index contributed by atoms with van der Waals surface area (Å²) in [7, 11) is 0. The molecular weight excluding hydrogens is 287 g/mol. The Kier molecular flexibility index (Phi) is 5.52. The molecule has 0 radical (unpaired) electrons. The van der Waals surface area contributed by atoms with Crippen molar-refractivity contribution >= 4 is 6.09 Å². The summed E-state index contributed by atoms with van der Waals surface area (Å²) in [5, 5.41) is 0. The Balaban J connectivity index is 2.38. The van der Waals surface area contributed by atoms with Gasteiger partial charge in [-0.2, -0.15) is 13.2 Å². The lowest BCUT2D eigenvalue weighted by Gasteiger charge is -2.39. The van der Waals surface area contributed by atoms with E-state index in [2.05, 4.69) is 0 Å². The van der Waals surface area contributed by atoms with Crippen molar-refractivity contribution in [2.45, 2.75) is 64.3 Å². The van der Waals surface area contributed by atoms with Gasteiger partial charge in [0.05, 0.1) is 18.6 Å². The predicted octanol–water partition coefficient (Wildman–Crippen LogP) is 3.75. The van der Waals surface area contributed by atoms with Crippen LogP contribution >= 0.6 is 0 Å². The lowest BCUT2D eigenvalue weighted by atomic mass is 9.93. The van der Waals surface area contributed by atoms with Crippen LogP contribution in [0.25, 0.3) is 0 Å². The molecule has 0 atom stereocenters. The van der Waals surface area contributed by atoms with Gasteiger partial charge in [0.25, 0.3) is 0 Å². The molecule has 0 N–H and O–H groups in total. The monoisotopic (exact) mass is 311 g/mol. The third-order valence-electron chi connectivity index (χ3n) is 3.31. The van der Waals surface area contributed by atoms with Gasteiger partial charge in [-0.15, -0.1) is 0 Å². The molecule has 1 aliphatic heterocycles. The molecule has 0 spiro atoms. The van der Waals surface area contributed by atoms with Crippen molar-refractivity contribution in [3.63, 3.8) is 0 Å². The van der Waals surface area contributed by atoms with Crippen LogP contribution in [-0.2, 0) is 9.47 Å². The zero-order valence-electron chi connectivity index (χ0n) is 13.0. The maximum Gasteiger partial charge on any atom is 0.410 e. The van der Waals surface area contributed by atoms with Crippen molar-refractivity contribution in [1.82, 2.24) is 4.90 Å². The van der Waals surface area contributed by atoms with Gasteiger partial charge in [-0.1, -0.05) is 0 Å². The first-order chi connectivity index (χ1) is 9.40. The summed E-state index contributed by atoms with van der Waals surface area (Å²) in [6, 6.07) is 0. The Bertz CT molecular complexity index is 355. The lowest BCUT2D eigenvalue weighted by Crippen LogP contribution is -2.48. The fraction of sp³-hybridized carbons (Fsp3) is 0.929. The molecule has 0 aromatic rings. The van der Waals surface area contributed by atoms with Gasteiger partial charge in [-0.25, -0.2) is 4.79 Å². The van der Waals surface area contributed by atoms with Crippen LogP contribution in [0.3, 0.4) is 0 Å².